The molecule has 2 aromatic rings. The number of hydrogen-bond donors (Lipinski definition) is 2. The number of H-pyrrole nitrogens is 1. The van der Waals surface area contributed by atoms with E-state index in [1.54, 1.807) is 30.6 Å². The molecule has 0 spiro atoms. The van der Waals surface area contributed by atoms with E-state index in [-0.39, 0.29) is 23.9 Å². The zero-order valence-electron chi connectivity index (χ0n) is 20.1. The summed E-state index contributed by atoms with van der Waals surface area (Å²) in [5.74, 6) is 0.00442. The van der Waals surface area contributed by atoms with Gasteiger partial charge >= 0.3 is 6.09 Å². The van der Waals surface area contributed by atoms with Gasteiger partial charge < -0.3 is 24.8 Å². The number of alkyl carbamates (subject to hydrolysis) is 1. The summed E-state index contributed by atoms with van der Waals surface area (Å²) in [6, 6.07) is 6.53. The van der Waals surface area contributed by atoms with Gasteiger partial charge in [-0.15, -0.1) is 0 Å². The van der Waals surface area contributed by atoms with Crippen molar-refractivity contribution >= 4 is 28.9 Å². The molecular weight excluding hydrogens is 422 g/mol. The normalized spacial score (nSPS) is 25.0. The first-order chi connectivity index (χ1) is 15.4. The number of hydrogen-bond acceptors (Lipinski definition) is 5. The summed E-state index contributed by atoms with van der Waals surface area (Å²) in [5.41, 5.74) is 0.421. The van der Waals surface area contributed by atoms with E-state index in [4.69, 9.17) is 4.74 Å². The minimum atomic E-state index is -0.687. The third-order valence-electron chi connectivity index (χ3n) is 6.43. The summed E-state index contributed by atoms with van der Waals surface area (Å²) in [6.45, 7) is 12.0. The predicted molar refractivity (Wildman–Crippen MR) is 124 cm³/mol. The number of imidazole rings is 1. The lowest BCUT2D eigenvalue weighted by Crippen LogP contribution is -2.70. The van der Waals surface area contributed by atoms with Gasteiger partial charge in [0.2, 0.25) is 5.91 Å². The Hall–Kier alpha value is -3.10. The Morgan fingerprint density at radius 1 is 1.21 bits per heavy atom. The largest absolute Gasteiger partial charge is 0.444 e. The Labute approximate surface area is 193 Å². The van der Waals surface area contributed by atoms with Crippen molar-refractivity contribution in [2.75, 3.05) is 13.1 Å². The second-order valence-electron chi connectivity index (χ2n) is 10.8. The highest BCUT2D eigenvalue weighted by atomic mass is 16.6. The third kappa shape index (κ3) is 4.54. The van der Waals surface area contributed by atoms with Crippen molar-refractivity contribution in [2.24, 2.45) is 5.41 Å². The van der Waals surface area contributed by atoms with E-state index in [1.807, 2.05) is 45.0 Å². The second-order valence-corrected chi connectivity index (χ2v) is 10.8. The van der Waals surface area contributed by atoms with Gasteiger partial charge in [0.15, 0.2) is 5.82 Å². The highest BCUT2D eigenvalue weighted by Crippen LogP contribution is 2.38. The maximum atomic E-state index is 13.4. The number of nitrogens with one attached hydrogen (secondary N) is 2. The standard InChI is InChI=1S/C24H33N5O4/c1-14-12-29-15(11-24(5,6)18(20(29)30)27-22(32)33-23(2,3)4)13-28(14)21(31)19-25-16-9-7-8-10-17(16)26-19/h7-10,14-15,18H,11-13H2,1-6H3,(H,25,26)(H,27,32). The Balaban J connectivity index is 1.51. The molecule has 2 saturated heterocycles. The molecule has 1 aromatic heterocycles. The van der Waals surface area contributed by atoms with Crippen LogP contribution in [-0.4, -0.2) is 74.5 Å². The Bertz CT molecular complexity index is 1050. The van der Waals surface area contributed by atoms with Gasteiger partial charge in [-0.3, -0.25) is 9.59 Å². The first-order valence-corrected chi connectivity index (χ1v) is 11.4. The number of fused-ring (bicyclic) bond motifs is 2. The lowest BCUT2D eigenvalue weighted by molar-refractivity contribution is -0.150. The lowest BCUT2D eigenvalue weighted by atomic mass is 9.73. The summed E-state index contributed by atoms with van der Waals surface area (Å²) in [7, 11) is 0. The van der Waals surface area contributed by atoms with Crippen LogP contribution in [0, 0.1) is 5.41 Å². The SMILES string of the molecule is CC1CN2C(=O)C(NC(=O)OC(C)(C)C)C(C)(C)CC2CN1C(=O)c1nc2ccccc2[nH]1. The molecule has 33 heavy (non-hydrogen) atoms. The monoisotopic (exact) mass is 455 g/mol. The summed E-state index contributed by atoms with van der Waals surface area (Å²) < 4.78 is 5.38. The first-order valence-electron chi connectivity index (χ1n) is 11.4. The zero-order chi connectivity index (χ0) is 24.1. The smallest absolute Gasteiger partial charge is 0.408 e. The zero-order valence-corrected chi connectivity index (χ0v) is 20.1. The van der Waals surface area contributed by atoms with Crippen molar-refractivity contribution in [3.63, 3.8) is 0 Å². The number of nitrogens with zero attached hydrogens (tertiary/aromatic N) is 3. The van der Waals surface area contributed by atoms with Crippen molar-refractivity contribution in [1.29, 1.82) is 0 Å². The average Bonchev–Trinajstić information content (AvgIpc) is 3.14. The maximum absolute atomic E-state index is 13.4. The number of carbonyl (C=O) groups is 3. The maximum Gasteiger partial charge on any atom is 0.408 e. The molecule has 3 atom stereocenters. The highest BCUT2D eigenvalue weighted by Gasteiger charge is 2.51. The number of piperazine rings is 1. The van der Waals surface area contributed by atoms with Crippen LogP contribution in [0.3, 0.4) is 0 Å². The van der Waals surface area contributed by atoms with Crippen LogP contribution in [0.2, 0.25) is 0 Å². The molecule has 3 heterocycles. The molecule has 4 rings (SSSR count). The molecule has 2 aliphatic rings. The van der Waals surface area contributed by atoms with Crippen LogP contribution in [0.25, 0.3) is 11.0 Å². The first kappa shape index (κ1) is 23.1. The van der Waals surface area contributed by atoms with Gasteiger partial charge in [0.25, 0.3) is 5.91 Å². The summed E-state index contributed by atoms with van der Waals surface area (Å²) in [6.07, 6.45) is 0.0506. The molecule has 2 N–H and O–H groups in total. The van der Waals surface area contributed by atoms with Crippen LogP contribution in [0.5, 0.6) is 0 Å². The Morgan fingerprint density at radius 2 is 1.91 bits per heavy atom. The average molecular weight is 456 g/mol. The molecule has 9 heteroatoms. The van der Waals surface area contributed by atoms with Gasteiger partial charge in [-0.25, -0.2) is 9.78 Å². The number of aromatic amines is 1. The number of carbonyl (C=O) groups excluding carboxylic acids is 3. The quantitative estimate of drug-likeness (QED) is 0.724. The molecule has 3 unspecified atom stereocenters. The summed E-state index contributed by atoms with van der Waals surface area (Å²) in [5, 5.41) is 2.79. The predicted octanol–water partition coefficient (Wildman–Crippen LogP) is 2.93. The van der Waals surface area contributed by atoms with Gasteiger partial charge in [0, 0.05) is 19.1 Å². The number of rotatable bonds is 2. The lowest BCUT2D eigenvalue weighted by Gasteiger charge is -2.53. The fraction of sp³-hybridized carbons (Fsp3) is 0.583. The fourth-order valence-electron chi connectivity index (χ4n) is 4.86. The highest BCUT2D eigenvalue weighted by molar-refractivity contribution is 5.95. The van der Waals surface area contributed by atoms with Crippen LogP contribution in [0.1, 0.15) is 58.6 Å². The molecule has 0 bridgehead atoms. The van der Waals surface area contributed by atoms with E-state index < -0.39 is 23.2 Å². The van der Waals surface area contributed by atoms with E-state index in [0.29, 0.717) is 25.3 Å². The van der Waals surface area contributed by atoms with Crippen molar-refractivity contribution in [3.05, 3.63) is 30.1 Å². The molecule has 0 saturated carbocycles. The molecule has 3 amide bonds. The topological polar surface area (TPSA) is 108 Å². The Kier molecular flexibility index (Phi) is 5.62. The van der Waals surface area contributed by atoms with E-state index in [0.717, 1.165) is 11.0 Å². The number of aromatic nitrogens is 2. The molecule has 178 valence electrons. The number of ether oxygens (including phenoxy) is 1. The molecule has 2 aliphatic heterocycles. The van der Waals surface area contributed by atoms with E-state index in [1.165, 1.54) is 0 Å². The second kappa shape index (κ2) is 8.04. The molecule has 9 nitrogen and oxygen atoms in total. The third-order valence-corrected chi connectivity index (χ3v) is 6.43. The van der Waals surface area contributed by atoms with Crippen molar-refractivity contribution in [3.8, 4) is 0 Å². The van der Waals surface area contributed by atoms with Crippen molar-refractivity contribution in [2.45, 2.75) is 71.7 Å². The molecule has 0 radical (unpaired) electrons. The number of para-hydroxylation sites is 2. The van der Waals surface area contributed by atoms with Crippen LogP contribution >= 0.6 is 0 Å². The van der Waals surface area contributed by atoms with Gasteiger partial charge in [0.05, 0.1) is 17.1 Å². The minimum absolute atomic E-state index is 0.131. The summed E-state index contributed by atoms with van der Waals surface area (Å²) in [4.78, 5) is 50.3. The molecule has 2 fully saturated rings. The number of piperidine rings is 1. The van der Waals surface area contributed by atoms with Crippen LogP contribution < -0.4 is 5.32 Å². The number of amides is 3. The molecule has 0 aliphatic carbocycles. The van der Waals surface area contributed by atoms with Gasteiger partial charge in [-0.05, 0) is 51.7 Å². The Morgan fingerprint density at radius 3 is 2.58 bits per heavy atom. The minimum Gasteiger partial charge on any atom is -0.444 e. The fourth-order valence-corrected chi connectivity index (χ4v) is 4.86. The molecule has 1 aromatic carbocycles. The molecular formula is C24H33N5O4. The summed E-state index contributed by atoms with van der Waals surface area (Å²) >= 11 is 0. The number of benzene rings is 1. The van der Waals surface area contributed by atoms with E-state index in [9.17, 15) is 14.4 Å². The van der Waals surface area contributed by atoms with E-state index >= 15 is 0 Å². The van der Waals surface area contributed by atoms with Gasteiger partial charge in [0.1, 0.15) is 11.6 Å². The van der Waals surface area contributed by atoms with Gasteiger partial charge in [-0.2, -0.15) is 0 Å². The van der Waals surface area contributed by atoms with Crippen LogP contribution in [0.4, 0.5) is 4.79 Å². The van der Waals surface area contributed by atoms with Crippen molar-refractivity contribution in [1.82, 2.24) is 25.1 Å². The van der Waals surface area contributed by atoms with E-state index in [2.05, 4.69) is 15.3 Å². The van der Waals surface area contributed by atoms with Gasteiger partial charge in [-0.1, -0.05) is 26.0 Å². The van der Waals surface area contributed by atoms with Crippen LogP contribution in [-0.2, 0) is 9.53 Å². The van der Waals surface area contributed by atoms with Crippen LogP contribution in [0.15, 0.2) is 24.3 Å². The van der Waals surface area contributed by atoms with Crippen molar-refractivity contribution < 1.29 is 19.1 Å².